The van der Waals surface area contributed by atoms with Gasteiger partial charge in [0.25, 0.3) is 5.91 Å². The maximum absolute atomic E-state index is 12.0. The summed E-state index contributed by atoms with van der Waals surface area (Å²) in [5.74, 6) is -0.521. The molecule has 0 saturated heterocycles. The van der Waals surface area contributed by atoms with E-state index < -0.39 is 0 Å². The van der Waals surface area contributed by atoms with Gasteiger partial charge in [0, 0.05) is 15.7 Å². The van der Waals surface area contributed by atoms with Crippen LogP contribution in [0.2, 0.25) is 0 Å². The average molecular weight is 347 g/mol. The van der Waals surface area contributed by atoms with Crippen LogP contribution in [0.15, 0.2) is 53.0 Å². The molecule has 2 aromatic rings. The molecular weight excluding hydrogens is 332 g/mol. The number of carbonyl (C=O) groups is 2. The van der Waals surface area contributed by atoms with Crippen LogP contribution in [0.1, 0.15) is 15.9 Å². The second kappa shape index (κ2) is 7.04. The van der Waals surface area contributed by atoms with Crippen molar-refractivity contribution in [2.24, 2.45) is 0 Å². The molecular formula is C16H15BrN2O2. The number of hydrogen-bond acceptors (Lipinski definition) is 2. The lowest BCUT2D eigenvalue weighted by molar-refractivity contribution is -0.115. The molecule has 2 N–H and O–H groups in total. The fraction of sp³-hybridized carbons (Fsp3) is 0.125. The summed E-state index contributed by atoms with van der Waals surface area (Å²) in [5.41, 5.74) is 2.13. The van der Waals surface area contributed by atoms with Crippen LogP contribution in [-0.4, -0.2) is 18.4 Å². The average Bonchev–Trinajstić information content (AvgIpc) is 2.45. The highest BCUT2D eigenvalue weighted by atomic mass is 79.9. The molecule has 2 aromatic carbocycles. The first kappa shape index (κ1) is 15.3. The fourth-order valence-electron chi connectivity index (χ4n) is 1.85. The van der Waals surface area contributed by atoms with Crippen molar-refractivity contribution in [1.82, 2.24) is 5.32 Å². The van der Waals surface area contributed by atoms with E-state index in [1.165, 1.54) is 0 Å². The van der Waals surface area contributed by atoms with Gasteiger partial charge in [0.05, 0.1) is 6.54 Å². The van der Waals surface area contributed by atoms with Crippen molar-refractivity contribution in [2.45, 2.75) is 6.92 Å². The highest BCUT2D eigenvalue weighted by Gasteiger charge is 2.10. The van der Waals surface area contributed by atoms with E-state index in [1.807, 2.05) is 31.2 Å². The largest absolute Gasteiger partial charge is 0.343 e. The molecule has 0 radical (unpaired) electrons. The first-order valence-electron chi connectivity index (χ1n) is 6.45. The monoisotopic (exact) mass is 346 g/mol. The quantitative estimate of drug-likeness (QED) is 0.893. The molecule has 0 fully saturated rings. The Morgan fingerprint density at radius 1 is 1.10 bits per heavy atom. The van der Waals surface area contributed by atoms with Crippen LogP contribution >= 0.6 is 15.9 Å². The van der Waals surface area contributed by atoms with Gasteiger partial charge < -0.3 is 10.6 Å². The van der Waals surface area contributed by atoms with Gasteiger partial charge in [0.1, 0.15) is 0 Å². The van der Waals surface area contributed by atoms with E-state index in [4.69, 9.17) is 0 Å². The molecule has 2 amide bonds. The summed E-state index contributed by atoms with van der Waals surface area (Å²) in [5, 5.41) is 5.33. The lowest BCUT2D eigenvalue weighted by atomic mass is 10.1. The zero-order valence-corrected chi connectivity index (χ0v) is 13.1. The van der Waals surface area contributed by atoms with Gasteiger partial charge in [-0.2, -0.15) is 0 Å². The van der Waals surface area contributed by atoms with Crippen molar-refractivity contribution in [3.63, 3.8) is 0 Å². The molecule has 0 bridgehead atoms. The molecule has 0 spiro atoms. The lowest BCUT2D eigenvalue weighted by Gasteiger charge is -2.08. The van der Waals surface area contributed by atoms with Gasteiger partial charge in [0.15, 0.2) is 0 Å². The molecule has 0 atom stereocenters. The van der Waals surface area contributed by atoms with Crippen LogP contribution in [0.4, 0.5) is 5.69 Å². The van der Waals surface area contributed by atoms with Gasteiger partial charge in [-0.1, -0.05) is 40.2 Å². The molecule has 0 saturated carbocycles. The van der Waals surface area contributed by atoms with Crippen LogP contribution < -0.4 is 10.6 Å². The maximum Gasteiger partial charge on any atom is 0.251 e. The third-order valence-corrected chi connectivity index (χ3v) is 3.40. The summed E-state index contributed by atoms with van der Waals surface area (Å²) in [6.45, 7) is 1.79. The summed E-state index contributed by atoms with van der Waals surface area (Å²) in [4.78, 5) is 23.8. The van der Waals surface area contributed by atoms with Gasteiger partial charge in [-0.25, -0.2) is 0 Å². The van der Waals surface area contributed by atoms with Crippen molar-refractivity contribution in [3.8, 4) is 0 Å². The van der Waals surface area contributed by atoms with Gasteiger partial charge in [-0.15, -0.1) is 0 Å². The van der Waals surface area contributed by atoms with Gasteiger partial charge >= 0.3 is 0 Å². The Balaban J connectivity index is 1.90. The summed E-state index contributed by atoms with van der Waals surface area (Å²) >= 11 is 3.33. The van der Waals surface area contributed by atoms with Crippen LogP contribution in [0.5, 0.6) is 0 Å². The van der Waals surface area contributed by atoms with Gasteiger partial charge in [0.2, 0.25) is 5.91 Å². The maximum atomic E-state index is 12.0. The first-order chi connectivity index (χ1) is 10.1. The second-order valence-electron chi connectivity index (χ2n) is 4.56. The Kier molecular flexibility index (Phi) is 5.11. The van der Waals surface area contributed by atoms with E-state index in [9.17, 15) is 9.59 Å². The SMILES string of the molecule is Cc1ccccc1C(=O)NCC(=O)Nc1cccc(Br)c1. The molecule has 0 aliphatic rings. The summed E-state index contributed by atoms with van der Waals surface area (Å²) < 4.78 is 0.879. The Bertz CT molecular complexity index is 671. The molecule has 108 valence electrons. The number of amides is 2. The second-order valence-corrected chi connectivity index (χ2v) is 5.47. The van der Waals surface area contributed by atoms with Crippen LogP contribution in [0.25, 0.3) is 0 Å². The Morgan fingerprint density at radius 2 is 1.86 bits per heavy atom. The van der Waals surface area contributed by atoms with Crippen molar-refractivity contribution in [2.75, 3.05) is 11.9 Å². The van der Waals surface area contributed by atoms with Crippen LogP contribution in [-0.2, 0) is 4.79 Å². The van der Waals surface area contributed by atoms with E-state index in [-0.39, 0.29) is 18.4 Å². The number of halogens is 1. The summed E-state index contributed by atoms with van der Waals surface area (Å²) in [6, 6.07) is 14.5. The Morgan fingerprint density at radius 3 is 2.57 bits per heavy atom. The number of aryl methyl sites for hydroxylation is 1. The molecule has 21 heavy (non-hydrogen) atoms. The third-order valence-electron chi connectivity index (χ3n) is 2.91. The first-order valence-corrected chi connectivity index (χ1v) is 7.25. The molecule has 0 heterocycles. The van der Waals surface area contributed by atoms with E-state index in [2.05, 4.69) is 26.6 Å². The number of anilines is 1. The molecule has 5 heteroatoms. The van der Waals surface area contributed by atoms with Crippen molar-refractivity contribution >= 4 is 33.4 Å². The highest BCUT2D eigenvalue weighted by Crippen LogP contribution is 2.15. The predicted octanol–water partition coefficient (Wildman–Crippen LogP) is 3.13. The number of rotatable bonds is 4. The van der Waals surface area contributed by atoms with Gasteiger partial charge in [-0.3, -0.25) is 9.59 Å². The zero-order valence-electron chi connectivity index (χ0n) is 11.5. The van der Waals surface area contributed by atoms with E-state index in [0.717, 1.165) is 10.0 Å². The fourth-order valence-corrected chi connectivity index (χ4v) is 2.25. The van der Waals surface area contributed by atoms with Gasteiger partial charge in [-0.05, 0) is 36.8 Å². The van der Waals surface area contributed by atoms with Crippen molar-refractivity contribution < 1.29 is 9.59 Å². The molecule has 0 unspecified atom stereocenters. The predicted molar refractivity (Wildman–Crippen MR) is 86.3 cm³/mol. The summed E-state index contributed by atoms with van der Waals surface area (Å²) in [7, 11) is 0. The third kappa shape index (κ3) is 4.43. The van der Waals surface area contributed by atoms with E-state index in [1.54, 1.807) is 24.3 Å². The zero-order chi connectivity index (χ0) is 15.2. The minimum Gasteiger partial charge on any atom is -0.343 e. The van der Waals surface area contributed by atoms with E-state index >= 15 is 0 Å². The smallest absolute Gasteiger partial charge is 0.251 e. The standard InChI is InChI=1S/C16H15BrN2O2/c1-11-5-2-3-8-14(11)16(21)18-10-15(20)19-13-7-4-6-12(17)9-13/h2-9H,10H2,1H3,(H,18,21)(H,19,20). The lowest BCUT2D eigenvalue weighted by Crippen LogP contribution is -2.33. The Labute approximate surface area is 131 Å². The van der Waals surface area contributed by atoms with Crippen LogP contribution in [0, 0.1) is 6.92 Å². The number of nitrogens with one attached hydrogen (secondary N) is 2. The van der Waals surface area contributed by atoms with Crippen molar-refractivity contribution in [1.29, 1.82) is 0 Å². The minimum absolute atomic E-state index is 0.0698. The molecule has 0 aliphatic carbocycles. The number of carbonyl (C=O) groups excluding carboxylic acids is 2. The highest BCUT2D eigenvalue weighted by molar-refractivity contribution is 9.10. The summed E-state index contributed by atoms with van der Waals surface area (Å²) in [6.07, 6.45) is 0. The van der Waals surface area contributed by atoms with Crippen LogP contribution in [0.3, 0.4) is 0 Å². The molecule has 0 aromatic heterocycles. The molecule has 0 aliphatic heterocycles. The van der Waals surface area contributed by atoms with Crippen molar-refractivity contribution in [3.05, 3.63) is 64.1 Å². The molecule has 4 nitrogen and oxygen atoms in total. The normalized spacial score (nSPS) is 10.0. The number of benzene rings is 2. The minimum atomic E-state index is -0.268. The van der Waals surface area contributed by atoms with E-state index in [0.29, 0.717) is 11.3 Å². The Hall–Kier alpha value is -2.14. The molecule has 2 rings (SSSR count). The number of hydrogen-bond donors (Lipinski definition) is 2. The topological polar surface area (TPSA) is 58.2 Å².